The molecular formula is C15H25N3O. The molecule has 1 unspecified atom stereocenters. The molecule has 2 saturated heterocycles. The Morgan fingerprint density at radius 3 is 2.37 bits per heavy atom. The zero-order valence-electron chi connectivity index (χ0n) is 11.7. The van der Waals surface area contributed by atoms with Crippen molar-refractivity contribution in [1.82, 2.24) is 15.1 Å². The monoisotopic (exact) mass is 263 g/mol. The Balaban J connectivity index is 1.32. The minimum atomic E-state index is 0.363. The number of rotatable bonds is 2. The topological polar surface area (TPSA) is 35.6 Å². The zero-order chi connectivity index (χ0) is 12.9. The molecule has 2 heterocycles. The van der Waals surface area contributed by atoms with E-state index >= 15 is 0 Å². The number of carbonyl (C=O) groups excluding carboxylic acids is 1. The summed E-state index contributed by atoms with van der Waals surface area (Å²) in [5, 5.41) is 3.41. The summed E-state index contributed by atoms with van der Waals surface area (Å²) in [6.45, 7) is 6.38. The number of piperidine rings is 1. The van der Waals surface area contributed by atoms with E-state index in [1.807, 2.05) is 0 Å². The van der Waals surface area contributed by atoms with Gasteiger partial charge < -0.3 is 10.2 Å². The predicted octanol–water partition coefficient (Wildman–Crippen LogP) is 0.683. The van der Waals surface area contributed by atoms with Gasteiger partial charge in [0.15, 0.2) is 0 Å². The average Bonchev–Trinajstić information content (AvgIpc) is 3.36. The van der Waals surface area contributed by atoms with Gasteiger partial charge in [0.1, 0.15) is 0 Å². The molecule has 2 saturated carbocycles. The van der Waals surface area contributed by atoms with Crippen LogP contribution in [-0.4, -0.2) is 61.0 Å². The van der Waals surface area contributed by atoms with E-state index < -0.39 is 0 Å². The van der Waals surface area contributed by atoms with Crippen LogP contribution in [0.1, 0.15) is 32.1 Å². The van der Waals surface area contributed by atoms with Crippen molar-refractivity contribution < 1.29 is 4.79 Å². The summed E-state index contributed by atoms with van der Waals surface area (Å²) in [5.74, 6) is 0.833. The molecule has 1 spiro atoms. The molecule has 106 valence electrons. The van der Waals surface area contributed by atoms with Gasteiger partial charge >= 0.3 is 0 Å². The summed E-state index contributed by atoms with van der Waals surface area (Å²) >= 11 is 0. The van der Waals surface area contributed by atoms with E-state index in [1.165, 1.54) is 25.7 Å². The molecular weight excluding hydrogens is 238 g/mol. The van der Waals surface area contributed by atoms with Gasteiger partial charge in [-0.2, -0.15) is 0 Å². The molecule has 1 amide bonds. The van der Waals surface area contributed by atoms with E-state index in [1.54, 1.807) is 0 Å². The van der Waals surface area contributed by atoms with E-state index in [0.717, 1.165) is 51.7 Å². The van der Waals surface area contributed by atoms with Crippen LogP contribution in [0.4, 0.5) is 0 Å². The second-order valence-electron chi connectivity index (χ2n) is 6.96. The van der Waals surface area contributed by atoms with Crippen LogP contribution in [0.25, 0.3) is 0 Å². The maximum absolute atomic E-state index is 12.6. The molecule has 4 rings (SSSR count). The van der Waals surface area contributed by atoms with Crippen molar-refractivity contribution in [3.8, 4) is 0 Å². The van der Waals surface area contributed by atoms with Crippen molar-refractivity contribution in [1.29, 1.82) is 0 Å². The van der Waals surface area contributed by atoms with Gasteiger partial charge in [0, 0.05) is 38.1 Å². The number of hydrogen-bond acceptors (Lipinski definition) is 3. The molecule has 19 heavy (non-hydrogen) atoms. The van der Waals surface area contributed by atoms with Crippen molar-refractivity contribution in [2.75, 3.05) is 39.3 Å². The Bertz CT molecular complexity index is 366. The fourth-order valence-electron chi connectivity index (χ4n) is 4.14. The van der Waals surface area contributed by atoms with Crippen LogP contribution in [0, 0.1) is 11.3 Å². The Kier molecular flexibility index (Phi) is 2.85. The highest BCUT2D eigenvalue weighted by Crippen LogP contribution is 2.59. The number of carbonyl (C=O) groups is 1. The van der Waals surface area contributed by atoms with Crippen LogP contribution in [0.5, 0.6) is 0 Å². The molecule has 1 N–H and O–H groups in total. The highest BCUT2D eigenvalue weighted by atomic mass is 16.2. The van der Waals surface area contributed by atoms with Crippen LogP contribution in [0.15, 0.2) is 0 Å². The van der Waals surface area contributed by atoms with Crippen molar-refractivity contribution in [3.63, 3.8) is 0 Å². The van der Waals surface area contributed by atoms with E-state index in [-0.39, 0.29) is 0 Å². The Morgan fingerprint density at radius 2 is 1.74 bits per heavy atom. The van der Waals surface area contributed by atoms with Crippen LogP contribution in [-0.2, 0) is 4.79 Å². The highest BCUT2D eigenvalue weighted by Gasteiger charge is 2.58. The van der Waals surface area contributed by atoms with Crippen LogP contribution < -0.4 is 5.32 Å². The van der Waals surface area contributed by atoms with E-state index in [2.05, 4.69) is 15.1 Å². The molecule has 0 aromatic rings. The molecule has 2 aliphatic heterocycles. The Morgan fingerprint density at radius 1 is 1.05 bits per heavy atom. The minimum absolute atomic E-state index is 0.363. The van der Waals surface area contributed by atoms with E-state index in [9.17, 15) is 4.79 Å². The second-order valence-corrected chi connectivity index (χ2v) is 6.96. The molecule has 0 bridgehead atoms. The summed E-state index contributed by atoms with van der Waals surface area (Å²) < 4.78 is 0. The third-order valence-corrected chi connectivity index (χ3v) is 5.78. The number of nitrogens with zero attached hydrogens (tertiary/aromatic N) is 2. The van der Waals surface area contributed by atoms with Gasteiger partial charge in [-0.1, -0.05) is 0 Å². The molecule has 0 aromatic heterocycles. The van der Waals surface area contributed by atoms with E-state index in [4.69, 9.17) is 0 Å². The molecule has 0 radical (unpaired) electrons. The summed E-state index contributed by atoms with van der Waals surface area (Å²) in [6.07, 6.45) is 6.35. The third kappa shape index (κ3) is 2.19. The lowest BCUT2D eigenvalue weighted by Gasteiger charge is -2.35. The molecule has 4 nitrogen and oxygen atoms in total. The zero-order valence-corrected chi connectivity index (χ0v) is 11.7. The lowest BCUT2D eigenvalue weighted by molar-refractivity contribution is -0.135. The van der Waals surface area contributed by atoms with Crippen molar-refractivity contribution in [3.05, 3.63) is 0 Å². The minimum Gasteiger partial charge on any atom is -0.340 e. The van der Waals surface area contributed by atoms with Gasteiger partial charge in [-0.3, -0.25) is 9.69 Å². The van der Waals surface area contributed by atoms with Gasteiger partial charge in [0.2, 0.25) is 5.91 Å². The molecule has 2 aliphatic carbocycles. The van der Waals surface area contributed by atoms with Gasteiger partial charge in [-0.15, -0.1) is 0 Å². The average molecular weight is 263 g/mol. The van der Waals surface area contributed by atoms with Crippen LogP contribution in [0.3, 0.4) is 0 Å². The number of hydrogen-bond donors (Lipinski definition) is 1. The smallest absolute Gasteiger partial charge is 0.226 e. The first-order valence-electron chi connectivity index (χ1n) is 8.02. The predicted molar refractivity (Wildman–Crippen MR) is 73.8 cm³/mol. The van der Waals surface area contributed by atoms with Crippen molar-refractivity contribution in [2.45, 2.75) is 38.1 Å². The fraction of sp³-hybridized carbons (Fsp3) is 0.933. The van der Waals surface area contributed by atoms with Crippen LogP contribution >= 0.6 is 0 Å². The first-order valence-corrected chi connectivity index (χ1v) is 8.02. The lowest BCUT2D eigenvalue weighted by atomic mass is 9.91. The highest BCUT2D eigenvalue weighted by molar-refractivity contribution is 5.83. The van der Waals surface area contributed by atoms with Gasteiger partial charge in [0.05, 0.1) is 0 Å². The van der Waals surface area contributed by atoms with Crippen LogP contribution in [0.2, 0.25) is 0 Å². The Hall–Kier alpha value is -0.610. The molecule has 0 aromatic carbocycles. The maximum atomic E-state index is 12.6. The SMILES string of the molecule is O=C(C1CC12CCNCC2)N1CCN(C2CC2)CC1. The second kappa shape index (κ2) is 4.45. The quantitative estimate of drug-likeness (QED) is 0.796. The van der Waals surface area contributed by atoms with E-state index in [0.29, 0.717) is 17.2 Å². The third-order valence-electron chi connectivity index (χ3n) is 5.78. The number of piperazine rings is 1. The van der Waals surface area contributed by atoms with Crippen molar-refractivity contribution >= 4 is 5.91 Å². The molecule has 4 aliphatic rings. The lowest BCUT2D eigenvalue weighted by Crippen LogP contribution is -2.50. The summed E-state index contributed by atoms with van der Waals surface area (Å²) in [4.78, 5) is 17.3. The number of nitrogens with one attached hydrogen (secondary N) is 1. The van der Waals surface area contributed by atoms with Gasteiger partial charge in [-0.25, -0.2) is 0 Å². The largest absolute Gasteiger partial charge is 0.340 e. The molecule has 4 heteroatoms. The standard InChI is InChI=1S/C15H25N3O/c19-14(13-11-15(13)3-5-16-6-4-15)18-9-7-17(8-10-18)12-1-2-12/h12-13,16H,1-11H2. The number of amides is 1. The van der Waals surface area contributed by atoms with Gasteiger partial charge in [0.25, 0.3) is 0 Å². The maximum Gasteiger partial charge on any atom is 0.226 e. The Labute approximate surface area is 115 Å². The summed E-state index contributed by atoms with van der Waals surface area (Å²) in [5.41, 5.74) is 0.399. The fourth-order valence-corrected chi connectivity index (χ4v) is 4.14. The normalized spacial score (nSPS) is 34.5. The van der Waals surface area contributed by atoms with Crippen molar-refractivity contribution in [2.24, 2.45) is 11.3 Å². The van der Waals surface area contributed by atoms with Gasteiger partial charge in [-0.05, 0) is 50.6 Å². The summed E-state index contributed by atoms with van der Waals surface area (Å²) in [7, 11) is 0. The first-order chi connectivity index (χ1) is 9.28. The molecule has 4 fully saturated rings. The first kappa shape index (κ1) is 12.2. The summed E-state index contributed by atoms with van der Waals surface area (Å²) in [6, 6.07) is 0.855. The molecule has 1 atom stereocenters.